The number of nitrogens with one attached hydrogen (secondary N) is 1. The zero-order chi connectivity index (χ0) is 23.0. The number of hydrogen-bond donors (Lipinski definition) is 2. The minimum absolute atomic E-state index is 0.0169. The molecule has 174 valence electrons. The fourth-order valence-corrected chi connectivity index (χ4v) is 5.43. The molecule has 2 N–H and O–H groups in total. The lowest BCUT2D eigenvalue weighted by Crippen LogP contribution is -2.54. The van der Waals surface area contributed by atoms with Crippen LogP contribution in [0.1, 0.15) is 19.3 Å². The Labute approximate surface area is 187 Å². The van der Waals surface area contributed by atoms with Crippen LogP contribution in [0.3, 0.4) is 0 Å². The minimum atomic E-state index is -4.06. The number of hydrogen-bond acceptors (Lipinski definition) is 8. The molecule has 1 heterocycles. The van der Waals surface area contributed by atoms with Gasteiger partial charge in [-0.1, -0.05) is 6.07 Å². The van der Waals surface area contributed by atoms with Gasteiger partial charge < -0.3 is 18.9 Å². The molecule has 9 nitrogen and oxygen atoms in total. The molecule has 3 rings (SSSR count). The van der Waals surface area contributed by atoms with Crippen molar-refractivity contribution in [3.05, 3.63) is 48.5 Å². The monoisotopic (exact) mass is 465 g/mol. The van der Waals surface area contributed by atoms with E-state index in [0.717, 1.165) is 0 Å². The molecule has 0 saturated carbocycles. The minimum Gasteiger partial charge on any atom is -0.497 e. The molecule has 1 aliphatic heterocycles. The van der Waals surface area contributed by atoms with Gasteiger partial charge >= 0.3 is 0 Å². The van der Waals surface area contributed by atoms with Gasteiger partial charge in [0.15, 0.2) is 14.6 Å². The van der Waals surface area contributed by atoms with Gasteiger partial charge in [0, 0.05) is 25.7 Å². The van der Waals surface area contributed by atoms with E-state index in [2.05, 4.69) is 0 Å². The Hall–Kier alpha value is -2.82. The fourth-order valence-electron chi connectivity index (χ4n) is 3.49. The quantitative estimate of drug-likeness (QED) is 0.312. The Bertz CT molecular complexity index is 1000. The maximum atomic E-state index is 13.2. The molecule has 0 atom stereocenters. The van der Waals surface area contributed by atoms with E-state index in [-0.39, 0.29) is 31.0 Å². The Morgan fingerprint density at radius 1 is 1.03 bits per heavy atom. The molecule has 0 aliphatic carbocycles. The first-order chi connectivity index (χ1) is 15.4. The lowest BCUT2D eigenvalue weighted by atomic mass is 9.98. The molecule has 2 aromatic carbocycles. The normalized spacial score (nSPS) is 15.6. The van der Waals surface area contributed by atoms with Crippen LogP contribution in [0.2, 0.25) is 0 Å². The molecule has 0 radical (unpaired) electrons. The lowest BCUT2D eigenvalue weighted by Gasteiger charge is -2.34. The van der Waals surface area contributed by atoms with Gasteiger partial charge in [0.1, 0.15) is 17.2 Å². The van der Waals surface area contributed by atoms with E-state index in [1.165, 1.54) is 17.6 Å². The SMILES string of the molecule is COc1cccc(OCCCOc2ccc(S(=O)(=O)C3(C(=O)NO)CCOCC3)cc2)c1. The predicted molar refractivity (Wildman–Crippen MR) is 115 cm³/mol. The molecule has 10 heteroatoms. The van der Waals surface area contributed by atoms with Gasteiger partial charge in [0.05, 0.1) is 25.2 Å². The number of carbonyl (C=O) groups excluding carboxylic acids is 1. The van der Waals surface area contributed by atoms with Crippen molar-refractivity contribution in [2.45, 2.75) is 28.9 Å². The maximum absolute atomic E-state index is 13.2. The van der Waals surface area contributed by atoms with Crippen molar-refractivity contribution < 1.29 is 37.4 Å². The maximum Gasteiger partial charge on any atom is 0.265 e. The Balaban J connectivity index is 1.56. The van der Waals surface area contributed by atoms with E-state index in [1.807, 2.05) is 18.2 Å². The lowest BCUT2D eigenvalue weighted by molar-refractivity contribution is -0.134. The number of benzene rings is 2. The zero-order valence-corrected chi connectivity index (χ0v) is 18.6. The molecule has 1 saturated heterocycles. The van der Waals surface area contributed by atoms with E-state index in [0.29, 0.717) is 36.9 Å². The number of amides is 1. The van der Waals surface area contributed by atoms with Gasteiger partial charge in [0.2, 0.25) is 0 Å². The smallest absolute Gasteiger partial charge is 0.265 e. The average molecular weight is 466 g/mol. The van der Waals surface area contributed by atoms with E-state index in [1.54, 1.807) is 25.3 Å². The summed E-state index contributed by atoms with van der Waals surface area (Å²) in [5.74, 6) is 0.968. The van der Waals surface area contributed by atoms with Crippen molar-refractivity contribution in [1.82, 2.24) is 5.48 Å². The van der Waals surface area contributed by atoms with Gasteiger partial charge in [-0.15, -0.1) is 0 Å². The summed E-state index contributed by atoms with van der Waals surface area (Å²) in [6, 6.07) is 13.2. The second-order valence-electron chi connectivity index (χ2n) is 7.25. The van der Waals surface area contributed by atoms with Crippen molar-refractivity contribution in [1.29, 1.82) is 0 Å². The summed E-state index contributed by atoms with van der Waals surface area (Å²) in [4.78, 5) is 12.3. The third kappa shape index (κ3) is 5.14. The first-order valence-electron chi connectivity index (χ1n) is 10.2. The zero-order valence-electron chi connectivity index (χ0n) is 17.8. The summed E-state index contributed by atoms with van der Waals surface area (Å²) in [6.45, 7) is 1.06. The summed E-state index contributed by atoms with van der Waals surface area (Å²) < 4.78 is 46.3. The summed E-state index contributed by atoms with van der Waals surface area (Å²) in [6.07, 6.45) is 0.553. The number of sulfone groups is 1. The van der Waals surface area contributed by atoms with Crippen molar-refractivity contribution in [3.8, 4) is 17.2 Å². The molecule has 2 aromatic rings. The van der Waals surface area contributed by atoms with Crippen LogP contribution in [0.25, 0.3) is 0 Å². The van der Waals surface area contributed by atoms with Crippen molar-refractivity contribution in [3.63, 3.8) is 0 Å². The molecule has 0 unspecified atom stereocenters. The molecule has 0 spiro atoms. The number of ether oxygens (including phenoxy) is 4. The van der Waals surface area contributed by atoms with Crippen LogP contribution in [0.5, 0.6) is 17.2 Å². The Kier molecular flexibility index (Phi) is 7.94. The third-order valence-electron chi connectivity index (χ3n) is 5.33. The molecule has 32 heavy (non-hydrogen) atoms. The largest absolute Gasteiger partial charge is 0.497 e. The van der Waals surface area contributed by atoms with Crippen LogP contribution in [0.15, 0.2) is 53.4 Å². The Morgan fingerprint density at radius 2 is 1.66 bits per heavy atom. The first-order valence-corrected chi connectivity index (χ1v) is 11.7. The highest BCUT2D eigenvalue weighted by Gasteiger charge is 2.52. The van der Waals surface area contributed by atoms with Crippen LogP contribution < -0.4 is 19.7 Å². The fraction of sp³-hybridized carbons (Fsp3) is 0.409. The van der Waals surface area contributed by atoms with Gasteiger partial charge in [0.25, 0.3) is 5.91 Å². The van der Waals surface area contributed by atoms with Crippen LogP contribution >= 0.6 is 0 Å². The highest BCUT2D eigenvalue weighted by molar-refractivity contribution is 7.93. The van der Waals surface area contributed by atoms with Crippen LogP contribution in [-0.2, 0) is 19.4 Å². The number of rotatable bonds is 10. The molecule has 0 bridgehead atoms. The average Bonchev–Trinajstić information content (AvgIpc) is 2.84. The molecular weight excluding hydrogens is 438 g/mol. The van der Waals surface area contributed by atoms with Gasteiger partial charge in [-0.2, -0.15) is 0 Å². The summed E-state index contributed by atoms with van der Waals surface area (Å²) in [5, 5.41) is 9.11. The van der Waals surface area contributed by atoms with Gasteiger partial charge in [-0.3, -0.25) is 10.0 Å². The second kappa shape index (κ2) is 10.7. The highest BCUT2D eigenvalue weighted by atomic mass is 32.2. The molecule has 0 aromatic heterocycles. The van der Waals surface area contributed by atoms with Crippen molar-refractivity contribution in [2.75, 3.05) is 33.5 Å². The molecule has 1 fully saturated rings. The van der Waals surface area contributed by atoms with E-state index >= 15 is 0 Å². The van der Waals surface area contributed by atoms with E-state index in [9.17, 15) is 13.2 Å². The standard InChI is InChI=1S/C22H27NO8S/c1-28-18-4-2-5-19(16-18)31-13-3-12-30-17-6-8-20(9-7-17)32(26,27)22(21(24)23-25)10-14-29-15-11-22/h2,4-9,16,25H,3,10-15H2,1H3,(H,23,24). The van der Waals surface area contributed by atoms with Gasteiger partial charge in [-0.25, -0.2) is 13.9 Å². The van der Waals surface area contributed by atoms with E-state index in [4.69, 9.17) is 24.2 Å². The van der Waals surface area contributed by atoms with Crippen molar-refractivity contribution >= 4 is 15.7 Å². The topological polar surface area (TPSA) is 120 Å². The summed E-state index contributed by atoms with van der Waals surface area (Å²) >= 11 is 0. The third-order valence-corrected chi connectivity index (χ3v) is 7.85. The van der Waals surface area contributed by atoms with Crippen molar-refractivity contribution in [2.24, 2.45) is 0 Å². The predicted octanol–water partition coefficient (Wildman–Crippen LogP) is 2.37. The molecular formula is C22H27NO8S. The first kappa shape index (κ1) is 23.8. The summed E-state index contributed by atoms with van der Waals surface area (Å²) in [7, 11) is -2.46. The molecule has 1 amide bonds. The van der Waals surface area contributed by atoms with Gasteiger partial charge in [-0.05, 0) is 49.2 Å². The van der Waals surface area contributed by atoms with Crippen LogP contribution in [0, 0.1) is 0 Å². The van der Waals surface area contributed by atoms with Crippen LogP contribution in [-0.4, -0.2) is 57.8 Å². The number of methoxy groups -OCH3 is 1. The second-order valence-corrected chi connectivity index (χ2v) is 9.51. The number of carbonyl (C=O) groups is 1. The highest BCUT2D eigenvalue weighted by Crippen LogP contribution is 2.35. The summed E-state index contributed by atoms with van der Waals surface area (Å²) in [5.41, 5.74) is 1.50. The van der Waals surface area contributed by atoms with E-state index < -0.39 is 20.5 Å². The molecule has 1 aliphatic rings. The number of hydroxylamine groups is 1. The Morgan fingerprint density at radius 3 is 2.28 bits per heavy atom. The van der Waals surface area contributed by atoms with Crippen LogP contribution in [0.4, 0.5) is 0 Å².